The third-order valence-electron chi connectivity index (χ3n) is 1.55. The lowest BCUT2D eigenvalue weighted by molar-refractivity contribution is 0.569. The van der Waals surface area contributed by atoms with Gasteiger partial charge in [0, 0.05) is 12.2 Å². The third-order valence-corrected chi connectivity index (χ3v) is 3.47. The Morgan fingerprint density at radius 3 is 2.60 bits per heavy atom. The minimum Gasteiger partial charge on any atom is -0.382 e. The van der Waals surface area contributed by atoms with Gasteiger partial charge in [-0.3, -0.25) is 0 Å². The maximum atomic E-state index is 11.7. The lowest BCUT2D eigenvalue weighted by Crippen LogP contribution is -2.30. The molecule has 0 radical (unpaired) electrons. The highest BCUT2D eigenvalue weighted by Gasteiger charge is 2.16. The zero-order valence-electron chi connectivity index (χ0n) is 8.36. The van der Waals surface area contributed by atoms with Crippen LogP contribution in [0.1, 0.15) is 13.8 Å². The summed E-state index contributed by atoms with van der Waals surface area (Å²) in [6, 6.07) is 1.08. The number of sulfonamides is 1. The van der Waals surface area contributed by atoms with Gasteiger partial charge in [-0.2, -0.15) is 0 Å². The number of rotatable bonds is 3. The number of hydrogen-bond acceptors (Lipinski definition) is 4. The fourth-order valence-electron chi connectivity index (χ4n) is 0.956. The van der Waals surface area contributed by atoms with Gasteiger partial charge in [0.25, 0.3) is 0 Å². The van der Waals surface area contributed by atoms with E-state index in [1.165, 1.54) is 12.3 Å². The number of nitrogens with two attached hydrogens (primary N) is 1. The average molecular weight is 250 g/mol. The number of pyridine rings is 1. The maximum Gasteiger partial charge on any atom is 0.242 e. The van der Waals surface area contributed by atoms with Crippen molar-refractivity contribution in [3.05, 3.63) is 17.3 Å². The number of anilines is 1. The first-order valence-electron chi connectivity index (χ1n) is 4.26. The molecule has 0 amide bonds. The van der Waals surface area contributed by atoms with Crippen molar-refractivity contribution in [1.82, 2.24) is 9.71 Å². The van der Waals surface area contributed by atoms with E-state index in [-0.39, 0.29) is 21.8 Å². The minimum absolute atomic E-state index is 0.00963. The summed E-state index contributed by atoms with van der Waals surface area (Å²) in [6.07, 6.45) is 1.17. The Labute approximate surface area is 93.7 Å². The highest BCUT2D eigenvalue weighted by Crippen LogP contribution is 2.19. The SMILES string of the molecule is CC(C)NS(=O)(=O)c1cnc(N)c(Cl)c1. The van der Waals surface area contributed by atoms with E-state index in [9.17, 15) is 8.42 Å². The summed E-state index contributed by atoms with van der Waals surface area (Å²) in [5.41, 5.74) is 5.37. The molecule has 1 aromatic heterocycles. The summed E-state index contributed by atoms with van der Waals surface area (Å²) in [4.78, 5) is 3.69. The molecule has 0 fully saturated rings. The normalized spacial score (nSPS) is 12.0. The van der Waals surface area contributed by atoms with E-state index in [0.29, 0.717) is 0 Å². The van der Waals surface area contributed by atoms with Crippen molar-refractivity contribution in [3.63, 3.8) is 0 Å². The summed E-state index contributed by atoms with van der Waals surface area (Å²) >= 11 is 5.68. The maximum absolute atomic E-state index is 11.7. The first-order valence-corrected chi connectivity index (χ1v) is 6.12. The van der Waals surface area contributed by atoms with E-state index in [1.807, 2.05) is 0 Å². The number of nitrogen functional groups attached to an aromatic ring is 1. The van der Waals surface area contributed by atoms with Crippen LogP contribution in [0.4, 0.5) is 5.82 Å². The van der Waals surface area contributed by atoms with Crippen LogP contribution in [0, 0.1) is 0 Å². The Morgan fingerprint density at radius 1 is 1.53 bits per heavy atom. The van der Waals surface area contributed by atoms with Crippen LogP contribution in [0.2, 0.25) is 5.02 Å². The molecule has 0 aromatic carbocycles. The van der Waals surface area contributed by atoms with Crippen LogP contribution in [0.3, 0.4) is 0 Å². The summed E-state index contributed by atoms with van der Waals surface area (Å²) in [5.74, 6) is 0.111. The molecule has 0 bridgehead atoms. The van der Waals surface area contributed by atoms with E-state index in [2.05, 4.69) is 9.71 Å². The van der Waals surface area contributed by atoms with Crippen LogP contribution in [-0.2, 0) is 10.0 Å². The minimum atomic E-state index is -3.55. The molecule has 1 heterocycles. The van der Waals surface area contributed by atoms with Gasteiger partial charge in [0.05, 0.1) is 5.02 Å². The van der Waals surface area contributed by atoms with Gasteiger partial charge >= 0.3 is 0 Å². The topological polar surface area (TPSA) is 85.1 Å². The third kappa shape index (κ3) is 3.05. The fraction of sp³-hybridized carbons (Fsp3) is 0.375. The molecule has 0 saturated carbocycles. The Hall–Kier alpha value is -0.850. The van der Waals surface area contributed by atoms with Gasteiger partial charge in [-0.1, -0.05) is 11.6 Å². The molecule has 5 nitrogen and oxygen atoms in total. The van der Waals surface area contributed by atoms with E-state index in [0.717, 1.165) is 0 Å². The first-order chi connectivity index (χ1) is 6.83. The van der Waals surface area contributed by atoms with Crippen molar-refractivity contribution >= 4 is 27.4 Å². The Bertz CT molecular complexity index is 459. The summed E-state index contributed by atoms with van der Waals surface area (Å²) in [5, 5.41) is 0.127. The van der Waals surface area contributed by atoms with Gasteiger partial charge in [0.2, 0.25) is 10.0 Å². The second kappa shape index (κ2) is 4.34. The predicted molar refractivity (Wildman–Crippen MR) is 59.1 cm³/mol. The predicted octanol–water partition coefficient (Wildman–Crippen LogP) is 1.00. The quantitative estimate of drug-likeness (QED) is 0.837. The molecule has 1 aromatic rings. The van der Waals surface area contributed by atoms with Crippen molar-refractivity contribution in [2.75, 3.05) is 5.73 Å². The second-order valence-corrected chi connectivity index (χ2v) is 5.44. The number of nitrogens with one attached hydrogen (secondary N) is 1. The molecule has 0 unspecified atom stereocenters. The monoisotopic (exact) mass is 249 g/mol. The number of nitrogens with zero attached hydrogens (tertiary/aromatic N) is 1. The molecule has 0 aliphatic rings. The van der Waals surface area contributed by atoms with Gasteiger partial charge in [0.1, 0.15) is 10.7 Å². The Balaban J connectivity index is 3.11. The molecule has 0 aliphatic heterocycles. The molecule has 0 spiro atoms. The summed E-state index contributed by atoms with van der Waals surface area (Å²) in [7, 11) is -3.55. The smallest absolute Gasteiger partial charge is 0.242 e. The van der Waals surface area contributed by atoms with Crippen LogP contribution in [0.25, 0.3) is 0 Å². The molecular weight excluding hydrogens is 238 g/mol. The van der Waals surface area contributed by atoms with Crippen LogP contribution in [-0.4, -0.2) is 19.4 Å². The molecule has 0 aliphatic carbocycles. The average Bonchev–Trinajstić information content (AvgIpc) is 2.07. The molecule has 1 rings (SSSR count). The largest absolute Gasteiger partial charge is 0.382 e. The van der Waals surface area contributed by atoms with E-state index in [4.69, 9.17) is 17.3 Å². The number of hydrogen-bond donors (Lipinski definition) is 2. The van der Waals surface area contributed by atoms with Gasteiger partial charge in [-0.25, -0.2) is 18.1 Å². The van der Waals surface area contributed by atoms with Gasteiger partial charge in [-0.15, -0.1) is 0 Å². The lowest BCUT2D eigenvalue weighted by Gasteiger charge is -2.09. The summed E-state index contributed by atoms with van der Waals surface area (Å²) < 4.78 is 25.7. The van der Waals surface area contributed by atoms with Crippen LogP contribution < -0.4 is 10.5 Å². The van der Waals surface area contributed by atoms with Gasteiger partial charge < -0.3 is 5.73 Å². The highest BCUT2D eigenvalue weighted by molar-refractivity contribution is 7.89. The van der Waals surface area contributed by atoms with Crippen molar-refractivity contribution < 1.29 is 8.42 Å². The van der Waals surface area contributed by atoms with E-state index >= 15 is 0 Å². The van der Waals surface area contributed by atoms with Gasteiger partial charge in [-0.05, 0) is 19.9 Å². The summed E-state index contributed by atoms with van der Waals surface area (Å²) in [6.45, 7) is 3.45. The molecule has 0 saturated heterocycles. The molecule has 0 atom stereocenters. The molecule has 7 heteroatoms. The number of halogens is 1. The van der Waals surface area contributed by atoms with Crippen molar-refractivity contribution in [2.45, 2.75) is 24.8 Å². The molecule has 15 heavy (non-hydrogen) atoms. The Kier molecular flexibility index (Phi) is 3.54. The van der Waals surface area contributed by atoms with E-state index < -0.39 is 10.0 Å². The van der Waals surface area contributed by atoms with Crippen molar-refractivity contribution in [1.29, 1.82) is 0 Å². The number of aromatic nitrogens is 1. The Morgan fingerprint density at radius 2 is 2.13 bits per heavy atom. The van der Waals surface area contributed by atoms with Crippen LogP contribution >= 0.6 is 11.6 Å². The standard InChI is InChI=1S/C8H12ClN3O2S/c1-5(2)12-15(13,14)6-3-7(9)8(10)11-4-6/h3-5,12H,1-2H3,(H2,10,11). The van der Waals surface area contributed by atoms with E-state index in [1.54, 1.807) is 13.8 Å². The first kappa shape index (κ1) is 12.2. The fourth-order valence-corrected chi connectivity index (χ4v) is 2.41. The highest BCUT2D eigenvalue weighted by atomic mass is 35.5. The molecule has 3 N–H and O–H groups in total. The second-order valence-electron chi connectivity index (χ2n) is 3.31. The molecule has 84 valence electrons. The zero-order chi connectivity index (χ0) is 11.6. The zero-order valence-corrected chi connectivity index (χ0v) is 9.93. The van der Waals surface area contributed by atoms with Crippen LogP contribution in [0.5, 0.6) is 0 Å². The van der Waals surface area contributed by atoms with Crippen molar-refractivity contribution in [3.8, 4) is 0 Å². The van der Waals surface area contributed by atoms with Gasteiger partial charge in [0.15, 0.2) is 0 Å². The van der Waals surface area contributed by atoms with Crippen LogP contribution in [0.15, 0.2) is 17.2 Å². The molecular formula is C8H12ClN3O2S. The lowest BCUT2D eigenvalue weighted by atomic mass is 10.4. The van der Waals surface area contributed by atoms with Crippen molar-refractivity contribution in [2.24, 2.45) is 0 Å².